The van der Waals surface area contributed by atoms with Crippen molar-refractivity contribution in [2.45, 2.75) is 32.3 Å². The van der Waals surface area contributed by atoms with Crippen molar-refractivity contribution < 1.29 is 5.11 Å². The van der Waals surface area contributed by atoms with Crippen LogP contribution in [-0.2, 0) is 5.11 Å². The number of hydrogen-bond acceptors (Lipinski definition) is 1. The monoisotopic (exact) mass is 131 g/mol. The topological polar surface area (TPSA) is 19.9 Å². The highest BCUT2D eigenvalue weighted by Crippen LogP contribution is 1.97. The van der Waals surface area contributed by atoms with Crippen LogP contribution in [0.3, 0.4) is 0 Å². The van der Waals surface area contributed by atoms with Crippen LogP contribution in [0.5, 0.6) is 0 Å². The smallest absolute Gasteiger partial charge is 0.121 e. The van der Waals surface area contributed by atoms with Gasteiger partial charge >= 0.3 is 0 Å². The lowest BCUT2D eigenvalue weighted by atomic mass is 10.2. The molecule has 8 heavy (non-hydrogen) atoms. The zero-order valence-electron chi connectivity index (χ0n) is 5.09. The molecule has 1 nitrogen and oxygen atoms in total. The predicted octanol–water partition coefficient (Wildman–Crippen LogP) is 1.98. The van der Waals surface area contributed by atoms with Crippen molar-refractivity contribution in [2.24, 2.45) is 0 Å². The summed E-state index contributed by atoms with van der Waals surface area (Å²) in [6.45, 7) is 2.07. The highest BCUT2D eigenvalue weighted by atomic mass is 32.1. The van der Waals surface area contributed by atoms with Crippen molar-refractivity contribution in [3.8, 4) is 0 Å². The summed E-state index contributed by atoms with van der Waals surface area (Å²) in [6.07, 6.45) is 2.19. The van der Waals surface area contributed by atoms with Gasteiger partial charge in [-0.15, -0.1) is 0 Å². The molecular formula is C6H11OS. The van der Waals surface area contributed by atoms with Crippen molar-refractivity contribution in [3.63, 3.8) is 0 Å². The van der Waals surface area contributed by atoms with E-state index in [0.717, 1.165) is 12.8 Å². The summed E-state index contributed by atoms with van der Waals surface area (Å²) < 4.78 is 0. The van der Waals surface area contributed by atoms with Gasteiger partial charge in [-0.3, -0.25) is 0 Å². The largest absolute Gasteiger partial charge is 0.228 e. The second-order valence-electron chi connectivity index (χ2n) is 1.82. The molecule has 0 bridgehead atoms. The minimum atomic E-state index is -0.607. The molecule has 0 aromatic heterocycles. The Bertz CT molecular complexity index is 63.5. The average Bonchev–Trinajstić information content (AvgIpc) is 1.83. The maximum atomic E-state index is 10.5. The molecule has 0 N–H and O–H groups in total. The third-order valence-electron chi connectivity index (χ3n) is 0.994. The predicted molar refractivity (Wildman–Crippen MR) is 37.7 cm³/mol. The Morgan fingerprint density at radius 2 is 2.38 bits per heavy atom. The Morgan fingerprint density at radius 3 is 2.75 bits per heavy atom. The van der Waals surface area contributed by atoms with E-state index in [-0.39, 0.29) is 0 Å². The number of hydrogen-bond donors (Lipinski definition) is 0. The molecule has 0 aliphatic heterocycles. The van der Waals surface area contributed by atoms with Gasteiger partial charge in [-0.05, 0) is 6.42 Å². The zero-order chi connectivity index (χ0) is 6.41. The average molecular weight is 131 g/mol. The number of unbranched alkanes of at least 4 members (excludes halogenated alkanes) is 1. The van der Waals surface area contributed by atoms with Crippen LogP contribution in [0.1, 0.15) is 26.2 Å². The van der Waals surface area contributed by atoms with Gasteiger partial charge in [0.1, 0.15) is 6.10 Å². The minimum Gasteiger partial charge on any atom is -0.228 e. The van der Waals surface area contributed by atoms with E-state index in [4.69, 9.17) is 0 Å². The highest BCUT2D eigenvalue weighted by Gasteiger charge is 1.97. The summed E-state index contributed by atoms with van der Waals surface area (Å²) in [6, 6.07) is 0. The van der Waals surface area contributed by atoms with E-state index in [0.29, 0.717) is 6.42 Å². The van der Waals surface area contributed by atoms with E-state index < -0.39 is 6.10 Å². The van der Waals surface area contributed by atoms with Gasteiger partial charge in [-0.1, -0.05) is 32.0 Å². The first-order valence-corrected chi connectivity index (χ1v) is 3.39. The van der Waals surface area contributed by atoms with Gasteiger partial charge < -0.3 is 0 Å². The fraction of sp³-hybridized carbons (Fsp3) is 0.833. The molecule has 0 aromatic carbocycles. The molecule has 0 aliphatic carbocycles. The van der Waals surface area contributed by atoms with Crippen LogP contribution in [0, 0.1) is 0 Å². The molecule has 0 heterocycles. The fourth-order valence-corrected chi connectivity index (χ4v) is 0.609. The third kappa shape index (κ3) is 4.22. The molecule has 1 unspecified atom stereocenters. The highest BCUT2D eigenvalue weighted by molar-refractivity contribution is 7.79. The molecule has 0 saturated heterocycles. The van der Waals surface area contributed by atoms with Crippen LogP contribution >= 0.6 is 12.2 Å². The van der Waals surface area contributed by atoms with Gasteiger partial charge in [0.25, 0.3) is 0 Å². The maximum Gasteiger partial charge on any atom is 0.121 e. The van der Waals surface area contributed by atoms with Crippen molar-refractivity contribution in [1.29, 1.82) is 0 Å². The van der Waals surface area contributed by atoms with E-state index in [1.54, 1.807) is 0 Å². The van der Waals surface area contributed by atoms with E-state index in [9.17, 15) is 5.11 Å². The first-order valence-electron chi connectivity index (χ1n) is 2.92. The summed E-state index contributed by atoms with van der Waals surface area (Å²) >= 11 is 4.45. The normalized spacial score (nSPS) is 13.2. The second kappa shape index (κ2) is 5.19. The zero-order valence-corrected chi connectivity index (χ0v) is 5.91. The summed E-state index contributed by atoms with van der Waals surface area (Å²) in [5.74, 6) is 0. The Morgan fingerprint density at radius 1 is 1.75 bits per heavy atom. The quantitative estimate of drug-likeness (QED) is 0.534. The Balaban J connectivity index is 2.98. The van der Waals surface area contributed by atoms with Gasteiger partial charge in [0, 0.05) is 5.37 Å². The summed E-state index contributed by atoms with van der Waals surface area (Å²) in [5, 5.41) is 11.8. The van der Waals surface area contributed by atoms with E-state index in [1.165, 1.54) is 5.37 Å². The van der Waals surface area contributed by atoms with E-state index >= 15 is 0 Å². The molecule has 2 heteroatoms. The number of rotatable bonds is 4. The second-order valence-corrected chi connectivity index (χ2v) is 2.09. The summed E-state index contributed by atoms with van der Waals surface area (Å²) in [7, 11) is 0. The molecule has 0 saturated carbocycles. The molecule has 0 fully saturated rings. The molecule has 1 radical (unpaired) electrons. The van der Waals surface area contributed by atoms with E-state index in [1.807, 2.05) is 0 Å². The van der Waals surface area contributed by atoms with Gasteiger partial charge in [0.05, 0.1) is 0 Å². The van der Waals surface area contributed by atoms with Crippen LogP contribution < -0.4 is 0 Å². The fourth-order valence-electron chi connectivity index (χ4n) is 0.473. The molecule has 0 aliphatic rings. The first kappa shape index (κ1) is 8.05. The molecule has 47 valence electrons. The summed E-state index contributed by atoms with van der Waals surface area (Å²) in [5.41, 5.74) is 0. The van der Waals surface area contributed by atoms with Gasteiger partial charge in [0.15, 0.2) is 0 Å². The molecule has 0 rings (SSSR count). The van der Waals surface area contributed by atoms with Crippen LogP contribution in [0.25, 0.3) is 0 Å². The third-order valence-corrected chi connectivity index (χ3v) is 1.30. The molecule has 1 atom stereocenters. The first-order chi connectivity index (χ1) is 3.81. The van der Waals surface area contributed by atoms with Crippen molar-refractivity contribution in [2.75, 3.05) is 0 Å². The molecule has 0 aromatic rings. The molecular weight excluding hydrogens is 120 g/mol. The molecule has 0 spiro atoms. The van der Waals surface area contributed by atoms with Gasteiger partial charge in [0.2, 0.25) is 0 Å². The standard InChI is InChI=1S/C6H11OS/c1-2-3-4-6(7)5-8/h5-6H,2-4H2,1H3. The SMILES string of the molecule is CCCCC([O])C=S. The lowest BCUT2D eigenvalue weighted by molar-refractivity contribution is 0.141. The van der Waals surface area contributed by atoms with Gasteiger partial charge in [-0.25, -0.2) is 5.11 Å². The maximum absolute atomic E-state index is 10.5. The van der Waals surface area contributed by atoms with Crippen LogP contribution in [0.4, 0.5) is 0 Å². The number of thiocarbonyl (C=S) groups is 1. The lowest BCUT2D eigenvalue weighted by Crippen LogP contribution is -2.02. The van der Waals surface area contributed by atoms with Crippen molar-refractivity contribution in [3.05, 3.63) is 0 Å². The Hall–Kier alpha value is 0.0500. The Labute approximate surface area is 55.7 Å². The van der Waals surface area contributed by atoms with Crippen molar-refractivity contribution in [1.82, 2.24) is 0 Å². The minimum absolute atomic E-state index is 0.607. The Kier molecular flexibility index (Phi) is 5.22. The van der Waals surface area contributed by atoms with E-state index in [2.05, 4.69) is 19.1 Å². The summed E-state index contributed by atoms with van der Waals surface area (Å²) in [4.78, 5) is 0. The molecule has 0 amide bonds. The van der Waals surface area contributed by atoms with Crippen LogP contribution in [0.15, 0.2) is 0 Å². The van der Waals surface area contributed by atoms with Crippen LogP contribution in [-0.4, -0.2) is 11.5 Å². The van der Waals surface area contributed by atoms with Crippen LogP contribution in [0.2, 0.25) is 0 Å². The van der Waals surface area contributed by atoms with Gasteiger partial charge in [-0.2, -0.15) is 0 Å². The van der Waals surface area contributed by atoms with Crippen molar-refractivity contribution >= 4 is 17.6 Å². The lowest BCUT2D eigenvalue weighted by Gasteiger charge is -1.96.